The van der Waals surface area contributed by atoms with Gasteiger partial charge >= 0.3 is 17.9 Å². The van der Waals surface area contributed by atoms with Gasteiger partial charge in [-0.2, -0.15) is 0 Å². The van der Waals surface area contributed by atoms with Crippen LogP contribution in [0.4, 0.5) is 0 Å². The fourth-order valence-electron chi connectivity index (χ4n) is 12.2. The summed E-state index contributed by atoms with van der Waals surface area (Å²) in [7, 11) is 0. The van der Waals surface area contributed by atoms with Gasteiger partial charge in [0.15, 0.2) is 0 Å². The molecule has 0 heterocycles. The van der Waals surface area contributed by atoms with Crippen molar-refractivity contribution in [1.29, 1.82) is 0 Å². The number of ether oxygens (including phenoxy) is 3. The van der Waals surface area contributed by atoms with Crippen molar-refractivity contribution >= 4 is 17.9 Å². The number of allylic oxidation sites excluding steroid dienone is 4. The minimum absolute atomic E-state index is 0.0364. The van der Waals surface area contributed by atoms with E-state index in [0.29, 0.717) is 42.4 Å². The highest BCUT2D eigenvalue weighted by molar-refractivity contribution is 5.88. The predicted molar refractivity (Wildman–Crippen MR) is 214 cm³/mol. The molecule has 0 saturated heterocycles. The molecule has 4 fully saturated rings. The van der Waals surface area contributed by atoms with Crippen molar-refractivity contribution in [2.45, 2.75) is 159 Å². The highest BCUT2D eigenvalue weighted by atomic mass is 16.6. The van der Waals surface area contributed by atoms with Crippen LogP contribution in [-0.4, -0.2) is 70.9 Å². The number of carbonyl (C=O) groups is 3. The van der Waals surface area contributed by atoms with E-state index < -0.39 is 58.7 Å². The van der Waals surface area contributed by atoms with Gasteiger partial charge in [-0.05, 0) is 127 Å². The molecule has 0 aliphatic heterocycles. The third kappa shape index (κ3) is 7.44. The molecule has 4 rings (SSSR count). The Labute approximate surface area is 331 Å². The fraction of sp³-hybridized carbons (Fsp3) is 0.761. The Morgan fingerprint density at radius 3 is 1.89 bits per heavy atom. The number of esters is 3. The molecule has 4 saturated carbocycles. The number of carbonyl (C=O) groups excluding carboxylic acids is 3. The summed E-state index contributed by atoms with van der Waals surface area (Å²) in [6.07, 6.45) is 8.84. The zero-order chi connectivity index (χ0) is 41.5. The lowest BCUT2D eigenvalue weighted by Gasteiger charge is -2.70. The van der Waals surface area contributed by atoms with Crippen LogP contribution in [0.1, 0.15) is 134 Å². The van der Waals surface area contributed by atoms with Gasteiger partial charge in [-0.1, -0.05) is 65.8 Å². The van der Waals surface area contributed by atoms with Crippen molar-refractivity contribution in [2.75, 3.05) is 13.2 Å². The third-order valence-electron chi connectivity index (χ3n) is 16.2. The van der Waals surface area contributed by atoms with Crippen molar-refractivity contribution < 1.29 is 43.9 Å². The minimum Gasteiger partial charge on any atom is -0.462 e. The number of aliphatic hydroxyl groups excluding tert-OH is 3. The highest BCUT2D eigenvalue weighted by Gasteiger charge is 2.70. The van der Waals surface area contributed by atoms with Gasteiger partial charge in [-0.15, -0.1) is 6.58 Å². The number of hydrogen-bond acceptors (Lipinski definition) is 9. The molecule has 0 aromatic carbocycles. The Balaban J connectivity index is 1.76. The first-order valence-corrected chi connectivity index (χ1v) is 20.6. The molecule has 3 unspecified atom stereocenters. The summed E-state index contributed by atoms with van der Waals surface area (Å²) in [6.45, 7) is 27.6. The third-order valence-corrected chi connectivity index (χ3v) is 16.2. The van der Waals surface area contributed by atoms with Crippen LogP contribution < -0.4 is 0 Å². The Kier molecular flexibility index (Phi) is 13.3. The van der Waals surface area contributed by atoms with E-state index in [0.717, 1.165) is 25.7 Å². The van der Waals surface area contributed by atoms with E-state index in [1.165, 1.54) is 0 Å². The van der Waals surface area contributed by atoms with Gasteiger partial charge in [0.05, 0.1) is 18.1 Å². The van der Waals surface area contributed by atoms with Gasteiger partial charge in [0.25, 0.3) is 0 Å². The summed E-state index contributed by atoms with van der Waals surface area (Å²) < 4.78 is 18.3. The zero-order valence-corrected chi connectivity index (χ0v) is 35.9. The standard InChI is InChI=1S/C46H72O9/c1-14-18-33-43(11)21-20-35(54-39(51)29(6)16-3)44(12,27-53-38(50)28(5)15-2)32(43)19-22-45(33,13)42(10)24-31-23-41(8,9)37(55-40(52)30(7)17-4)36(49)46(31,26-47)34(48)25-42/h14-17,31-37,47-49H,1,18-27H2,2-13H3/t31?,32?,33?,34-,35+,36+,37+,42+,43+,44-,45-,46+/m1/s1. The lowest BCUT2D eigenvalue weighted by atomic mass is 9.35. The van der Waals surface area contributed by atoms with Crippen molar-refractivity contribution in [3.8, 4) is 0 Å². The van der Waals surface area contributed by atoms with Crippen LogP contribution in [0.3, 0.4) is 0 Å². The average Bonchev–Trinajstić information content (AvgIpc) is 3.13. The van der Waals surface area contributed by atoms with Crippen molar-refractivity contribution in [2.24, 2.45) is 50.2 Å². The maximum absolute atomic E-state index is 13.3. The summed E-state index contributed by atoms with van der Waals surface area (Å²) in [4.78, 5) is 39.3. The monoisotopic (exact) mass is 769 g/mol. The molecule has 3 N–H and O–H groups in total. The second-order valence-electron chi connectivity index (χ2n) is 19.4. The average molecular weight is 769 g/mol. The summed E-state index contributed by atoms with van der Waals surface area (Å²) in [5, 5.41) is 35.6. The molecule has 9 nitrogen and oxygen atoms in total. The van der Waals surface area contributed by atoms with Gasteiger partial charge in [0.2, 0.25) is 0 Å². The molecule has 0 radical (unpaired) electrons. The molecule has 0 amide bonds. The highest BCUT2D eigenvalue weighted by Crippen LogP contribution is 2.73. The van der Waals surface area contributed by atoms with Gasteiger partial charge in [0, 0.05) is 27.5 Å². The van der Waals surface area contributed by atoms with Crippen LogP contribution in [0.25, 0.3) is 0 Å². The first-order valence-electron chi connectivity index (χ1n) is 20.6. The molecule has 310 valence electrons. The van der Waals surface area contributed by atoms with Crippen molar-refractivity contribution in [3.63, 3.8) is 0 Å². The molecule has 12 atom stereocenters. The topological polar surface area (TPSA) is 140 Å². The quantitative estimate of drug-likeness (QED) is 0.0822. The van der Waals surface area contributed by atoms with Gasteiger partial charge < -0.3 is 29.5 Å². The van der Waals surface area contributed by atoms with Crippen LogP contribution in [0, 0.1) is 50.2 Å². The number of hydrogen-bond donors (Lipinski definition) is 3. The van der Waals surface area contributed by atoms with Crippen LogP contribution in [0.15, 0.2) is 47.6 Å². The predicted octanol–water partition coefficient (Wildman–Crippen LogP) is 8.21. The van der Waals surface area contributed by atoms with E-state index in [9.17, 15) is 29.7 Å². The Bertz CT molecular complexity index is 1570. The van der Waals surface area contributed by atoms with Gasteiger partial charge in [-0.3, -0.25) is 0 Å². The van der Waals surface area contributed by atoms with E-state index in [1.54, 1.807) is 45.9 Å². The summed E-state index contributed by atoms with van der Waals surface area (Å²) in [5.74, 6) is -1.35. The molecule has 0 spiro atoms. The number of aliphatic hydroxyl groups is 3. The molecule has 9 heteroatoms. The van der Waals surface area contributed by atoms with Crippen molar-refractivity contribution in [3.05, 3.63) is 47.6 Å². The van der Waals surface area contributed by atoms with E-state index in [-0.39, 0.29) is 47.1 Å². The Hall–Kier alpha value is -2.75. The first-order chi connectivity index (χ1) is 25.5. The lowest BCUT2D eigenvalue weighted by molar-refractivity contribution is -0.278. The molecular formula is C46H72O9. The maximum atomic E-state index is 13.3. The Morgan fingerprint density at radius 2 is 1.35 bits per heavy atom. The largest absolute Gasteiger partial charge is 0.462 e. The maximum Gasteiger partial charge on any atom is 0.333 e. The van der Waals surface area contributed by atoms with Crippen molar-refractivity contribution in [1.82, 2.24) is 0 Å². The first kappa shape index (κ1) is 45.0. The SMILES string of the molecule is C=CCC1[C@@]2(C)CC[C@H](OC(=O)C(C)=CC)[C@](C)(COC(=O)C(C)=CC)C2CC[C@@]1(C)[C@@]1(C)CC2CC(C)(C)[C@@H](OC(=O)C(C)=CC)[C@H](O)[C@]2(CO)[C@H](O)C1. The van der Waals surface area contributed by atoms with E-state index in [1.807, 2.05) is 33.8 Å². The van der Waals surface area contributed by atoms with Crippen LogP contribution >= 0.6 is 0 Å². The molecule has 55 heavy (non-hydrogen) atoms. The van der Waals surface area contributed by atoms with E-state index >= 15 is 0 Å². The molecule has 4 aliphatic carbocycles. The molecule has 0 aromatic rings. The van der Waals surface area contributed by atoms with E-state index in [4.69, 9.17) is 14.2 Å². The smallest absolute Gasteiger partial charge is 0.333 e. The second kappa shape index (κ2) is 16.2. The van der Waals surface area contributed by atoms with Crippen LogP contribution in [0.2, 0.25) is 0 Å². The van der Waals surface area contributed by atoms with Gasteiger partial charge in [-0.25, -0.2) is 14.4 Å². The summed E-state index contributed by atoms with van der Waals surface area (Å²) >= 11 is 0. The Morgan fingerprint density at radius 1 is 0.782 bits per heavy atom. The molecule has 0 aromatic heterocycles. The van der Waals surface area contributed by atoms with Gasteiger partial charge in [0.1, 0.15) is 24.9 Å². The summed E-state index contributed by atoms with van der Waals surface area (Å²) in [6, 6.07) is 0. The lowest BCUT2D eigenvalue weighted by Crippen LogP contribution is -2.70. The minimum atomic E-state index is -1.26. The normalized spacial score (nSPS) is 42.0. The number of rotatable bonds is 11. The molecule has 0 bridgehead atoms. The fourth-order valence-corrected chi connectivity index (χ4v) is 12.2. The van der Waals surface area contributed by atoms with E-state index in [2.05, 4.69) is 34.3 Å². The zero-order valence-electron chi connectivity index (χ0n) is 35.9. The second-order valence-corrected chi connectivity index (χ2v) is 19.4. The summed E-state index contributed by atoms with van der Waals surface area (Å²) in [5.41, 5.74) is -2.03. The van der Waals surface area contributed by atoms with Crippen LogP contribution in [-0.2, 0) is 28.6 Å². The van der Waals surface area contributed by atoms with Crippen LogP contribution in [0.5, 0.6) is 0 Å². The molecule has 4 aliphatic rings. The molecular weight excluding hydrogens is 696 g/mol. The number of fused-ring (bicyclic) bond motifs is 2.